The van der Waals surface area contributed by atoms with E-state index < -0.39 is 103 Å². The third-order valence-electron chi connectivity index (χ3n) is 19.0. The van der Waals surface area contributed by atoms with Crippen molar-refractivity contribution in [3.05, 3.63) is 179 Å². The van der Waals surface area contributed by atoms with Crippen molar-refractivity contribution in [3.8, 4) is 0 Å². The minimum atomic E-state index is -4.14. The summed E-state index contributed by atoms with van der Waals surface area (Å²) >= 11 is 0. The summed E-state index contributed by atoms with van der Waals surface area (Å²) in [5.74, 6) is -18.9. The SMILES string of the molecule is Cc1c(C)c(C)c2c(F)c3c(C)c4c(F)c5c(C)c(C)c(C)c(C)c5c(F)c4c(C)c3c(F)c2c1C.Cc1c(C)c(C)c2c(c1C)C(F)(F)c1c(C)c3c(c(C)c1C2(F)F)C(F)(F)c1c(C)c(C)c(C)c(C)c1C3(F)F. The lowest BCUT2D eigenvalue weighted by Crippen LogP contribution is -2.42. The number of fused-ring (bicyclic) bond motifs is 8. The van der Waals surface area contributed by atoms with Gasteiger partial charge in [0.05, 0.1) is 0 Å². The van der Waals surface area contributed by atoms with Gasteiger partial charge in [0, 0.05) is 87.6 Å². The van der Waals surface area contributed by atoms with Gasteiger partial charge in [-0.05, 0) is 250 Å². The molecule has 400 valence electrons. The summed E-state index contributed by atoms with van der Waals surface area (Å²) in [5.41, 5.74) is -3.08. The molecule has 0 heterocycles. The third kappa shape index (κ3) is 6.41. The minimum absolute atomic E-state index is 0.0200. The highest BCUT2D eigenvalue weighted by atomic mass is 19.3. The van der Waals surface area contributed by atoms with Gasteiger partial charge in [-0.25, -0.2) is 17.6 Å². The Hall–Kier alpha value is -6.04. The molecule has 0 fully saturated rings. The van der Waals surface area contributed by atoms with Crippen LogP contribution in [0.2, 0.25) is 0 Å². The Bertz CT molecular complexity index is 3560. The maximum absolute atomic E-state index is 16.5. The molecule has 0 aliphatic heterocycles. The smallest absolute Gasteiger partial charge is 0.206 e. The van der Waals surface area contributed by atoms with E-state index in [0.717, 1.165) is 36.1 Å². The molecule has 0 spiro atoms. The van der Waals surface area contributed by atoms with Crippen LogP contribution in [0.25, 0.3) is 43.1 Å². The van der Waals surface area contributed by atoms with E-state index in [9.17, 15) is 0 Å². The van der Waals surface area contributed by atoms with Gasteiger partial charge < -0.3 is 0 Å². The maximum atomic E-state index is 16.5. The lowest BCUT2D eigenvalue weighted by atomic mass is 9.66. The van der Waals surface area contributed by atoms with Crippen LogP contribution in [0.3, 0.4) is 0 Å². The molecule has 0 unspecified atom stereocenters. The van der Waals surface area contributed by atoms with E-state index in [1.165, 1.54) is 55.4 Å². The van der Waals surface area contributed by atoms with Crippen LogP contribution in [0.1, 0.15) is 156 Å². The Balaban J connectivity index is 0.000000187. The van der Waals surface area contributed by atoms with Crippen molar-refractivity contribution < 1.29 is 52.7 Å². The molecule has 8 aromatic rings. The summed E-state index contributed by atoms with van der Waals surface area (Å²) in [4.78, 5) is 0. The molecular weight excluding hydrogens is 997 g/mol. The number of halogens is 12. The van der Waals surface area contributed by atoms with Crippen molar-refractivity contribution in [2.45, 2.75) is 162 Å². The Morgan fingerprint density at radius 3 is 0.434 bits per heavy atom. The molecule has 10 rings (SSSR count). The van der Waals surface area contributed by atoms with Gasteiger partial charge in [0.2, 0.25) is 0 Å². The molecule has 2 aliphatic carbocycles. The van der Waals surface area contributed by atoms with Crippen molar-refractivity contribution in [3.63, 3.8) is 0 Å². The normalized spacial score (nSPS) is 15.8. The molecule has 0 atom stereocenters. The highest BCUT2D eigenvalue weighted by Gasteiger charge is 2.63. The third-order valence-corrected chi connectivity index (χ3v) is 19.0. The van der Waals surface area contributed by atoms with Gasteiger partial charge in [-0.2, -0.15) is 35.1 Å². The van der Waals surface area contributed by atoms with Gasteiger partial charge in [-0.15, -0.1) is 0 Å². The molecule has 0 N–H and O–H groups in total. The van der Waals surface area contributed by atoms with Gasteiger partial charge >= 0.3 is 0 Å². The zero-order chi connectivity index (χ0) is 57.1. The number of rotatable bonds is 0. The summed E-state index contributed by atoms with van der Waals surface area (Å²) < 4.78 is 198. The Kier molecular flexibility index (Phi) is 12.1. The van der Waals surface area contributed by atoms with Crippen LogP contribution in [-0.4, -0.2) is 0 Å². The van der Waals surface area contributed by atoms with Crippen molar-refractivity contribution in [1.29, 1.82) is 0 Å². The first-order chi connectivity index (χ1) is 34.8. The fourth-order valence-corrected chi connectivity index (χ4v) is 13.6. The number of alkyl halides is 8. The first kappa shape index (κ1) is 54.7. The first-order valence-electron chi connectivity index (χ1n) is 25.3. The van der Waals surface area contributed by atoms with E-state index in [1.54, 1.807) is 41.5 Å². The average Bonchev–Trinajstić information content (AvgIpc) is 3.51. The lowest BCUT2D eigenvalue weighted by Gasteiger charge is -2.44. The summed E-state index contributed by atoms with van der Waals surface area (Å²) in [5, 5.41) is 0.923. The second-order valence-electron chi connectivity index (χ2n) is 22.1. The van der Waals surface area contributed by atoms with E-state index in [0.29, 0.717) is 44.5 Å². The average molecular weight is 1060 g/mol. The van der Waals surface area contributed by atoms with Gasteiger partial charge in [0.1, 0.15) is 23.3 Å². The Labute approximate surface area is 435 Å². The van der Waals surface area contributed by atoms with Crippen LogP contribution in [0.4, 0.5) is 52.7 Å². The second-order valence-corrected chi connectivity index (χ2v) is 22.1. The van der Waals surface area contributed by atoms with Crippen LogP contribution in [0.15, 0.2) is 0 Å². The first-order valence-corrected chi connectivity index (χ1v) is 25.3. The topological polar surface area (TPSA) is 0 Å². The van der Waals surface area contributed by atoms with Crippen LogP contribution >= 0.6 is 0 Å². The quantitative estimate of drug-likeness (QED) is 0.105. The zero-order valence-corrected chi connectivity index (χ0v) is 46.5. The molecule has 0 amide bonds. The van der Waals surface area contributed by atoms with Crippen molar-refractivity contribution in [2.75, 3.05) is 0 Å². The monoisotopic (exact) mass is 1060 g/mol. The number of benzene rings is 8. The molecule has 0 saturated heterocycles. The zero-order valence-electron chi connectivity index (χ0n) is 46.5. The number of hydrogen-bond acceptors (Lipinski definition) is 0. The highest BCUT2D eigenvalue weighted by Crippen LogP contribution is 2.64. The predicted octanol–water partition coefficient (Wildman–Crippen LogP) is 19.9. The highest BCUT2D eigenvalue weighted by molar-refractivity contribution is 6.16. The molecule has 0 bridgehead atoms. The summed E-state index contributed by atoms with van der Waals surface area (Å²) in [7, 11) is 0. The molecule has 8 aromatic carbocycles. The van der Waals surface area contributed by atoms with E-state index in [2.05, 4.69) is 0 Å². The van der Waals surface area contributed by atoms with Crippen molar-refractivity contribution >= 4 is 43.1 Å². The molecule has 0 nitrogen and oxygen atoms in total. The Morgan fingerprint density at radius 1 is 0.158 bits per heavy atom. The molecule has 0 radical (unpaired) electrons. The van der Waals surface area contributed by atoms with Crippen molar-refractivity contribution in [1.82, 2.24) is 0 Å². The summed E-state index contributed by atoms with van der Waals surface area (Å²) in [6.07, 6.45) is 0. The van der Waals surface area contributed by atoms with Crippen LogP contribution in [0.5, 0.6) is 0 Å². The standard InChI is InChI=1S/C32H30F8.C32H30F4/c1-11-12(2)16(6)22-21(15(11)5)29(33,34)25-19(9)27-28(20(10)26(25)30(22,35)36)32(39,40)24-18(8)14(4)13(3)17(7)23(24)31(27,37)38;1-11-12(2)16(6)22-21(15(11)5)29(33)25-19(9)27-28(20(10)26(25)30(22)34)32(36)24-18(8)14(4)13(3)17(7)23(24)31(27)35/h1-10H3;1-10H3. The van der Waals surface area contributed by atoms with Crippen LogP contribution < -0.4 is 0 Å². The molecular formula is C64H60F12. The summed E-state index contributed by atoms with van der Waals surface area (Å²) in [6, 6.07) is 0. The molecule has 76 heavy (non-hydrogen) atoms. The minimum Gasteiger partial charge on any atom is -0.206 e. The van der Waals surface area contributed by atoms with Crippen molar-refractivity contribution in [2.24, 2.45) is 0 Å². The van der Waals surface area contributed by atoms with E-state index in [-0.39, 0.29) is 76.5 Å². The largest absolute Gasteiger partial charge is 0.300 e. The second kappa shape index (κ2) is 16.7. The van der Waals surface area contributed by atoms with E-state index in [1.807, 2.05) is 27.7 Å². The predicted molar refractivity (Wildman–Crippen MR) is 282 cm³/mol. The van der Waals surface area contributed by atoms with Crippen LogP contribution in [-0.2, 0) is 23.7 Å². The van der Waals surface area contributed by atoms with Crippen LogP contribution in [0, 0.1) is 162 Å². The van der Waals surface area contributed by atoms with E-state index in [4.69, 9.17) is 0 Å². The molecule has 0 saturated carbocycles. The van der Waals surface area contributed by atoms with E-state index >= 15 is 52.7 Å². The van der Waals surface area contributed by atoms with Gasteiger partial charge in [-0.3, -0.25) is 0 Å². The maximum Gasteiger partial charge on any atom is 0.300 e. The van der Waals surface area contributed by atoms with Gasteiger partial charge in [0.25, 0.3) is 23.7 Å². The molecule has 12 heteroatoms. The molecule has 2 aliphatic rings. The molecule has 0 aromatic heterocycles. The van der Waals surface area contributed by atoms with Gasteiger partial charge in [-0.1, -0.05) is 0 Å². The number of hydrogen-bond donors (Lipinski definition) is 0. The Morgan fingerprint density at radius 2 is 0.276 bits per heavy atom. The summed E-state index contributed by atoms with van der Waals surface area (Å²) in [6.45, 7) is 30.9. The lowest BCUT2D eigenvalue weighted by molar-refractivity contribution is -0.0251. The number of aryl methyl sites for hydroxylation is 6. The fraction of sp³-hybridized carbons (Fsp3) is 0.375. The van der Waals surface area contributed by atoms with Gasteiger partial charge in [0.15, 0.2) is 0 Å². The fourth-order valence-electron chi connectivity index (χ4n) is 13.6.